The van der Waals surface area contributed by atoms with Crippen LogP contribution in [0, 0.1) is 0 Å². The minimum absolute atomic E-state index is 0.0506. The van der Waals surface area contributed by atoms with Crippen LogP contribution >= 0.6 is 11.8 Å². The van der Waals surface area contributed by atoms with Gasteiger partial charge in [-0.1, -0.05) is 42.1 Å². The second kappa shape index (κ2) is 9.52. The largest absolute Gasteiger partial charge is 0.340 e. The van der Waals surface area contributed by atoms with Crippen LogP contribution < -0.4 is 15.8 Å². The smallest absolute Gasteiger partial charge is 0.262 e. The lowest BCUT2D eigenvalue weighted by Gasteiger charge is -2.14. The third-order valence-corrected chi connectivity index (χ3v) is 5.25. The summed E-state index contributed by atoms with van der Waals surface area (Å²) in [6.07, 6.45) is 0.867. The maximum absolute atomic E-state index is 13.0. The number of carbonyl (C=O) groups excluding carboxylic acids is 1. The molecule has 0 aliphatic rings. The zero-order valence-corrected chi connectivity index (χ0v) is 17.0. The van der Waals surface area contributed by atoms with Gasteiger partial charge in [-0.3, -0.25) is 14.2 Å². The van der Waals surface area contributed by atoms with Gasteiger partial charge in [0.25, 0.3) is 5.56 Å². The number of carbonyl (C=O) groups is 1. The number of nitrogens with one attached hydrogen (secondary N) is 2. The van der Waals surface area contributed by atoms with E-state index in [1.807, 2.05) is 48.5 Å². The van der Waals surface area contributed by atoms with Gasteiger partial charge < -0.3 is 10.2 Å². The number of hydrogen-bond acceptors (Lipinski definition) is 4. The molecule has 1 aromatic heterocycles. The van der Waals surface area contributed by atoms with E-state index in [4.69, 9.17) is 0 Å². The number of thioether (sulfide) groups is 1. The lowest BCUT2D eigenvalue weighted by atomic mass is 10.2. The highest BCUT2D eigenvalue weighted by Gasteiger charge is 2.13. The van der Waals surface area contributed by atoms with E-state index in [9.17, 15) is 9.59 Å². The van der Waals surface area contributed by atoms with Crippen molar-refractivity contribution in [3.8, 4) is 0 Å². The summed E-state index contributed by atoms with van der Waals surface area (Å²) in [6, 6.07) is 16.7. The van der Waals surface area contributed by atoms with Crippen molar-refractivity contribution in [2.24, 2.45) is 0 Å². The molecule has 1 amide bonds. The predicted molar refractivity (Wildman–Crippen MR) is 114 cm³/mol. The van der Waals surface area contributed by atoms with E-state index in [0.717, 1.165) is 18.7 Å². The Morgan fingerprint density at radius 3 is 2.57 bits per heavy atom. The van der Waals surface area contributed by atoms with Crippen LogP contribution in [0.4, 0.5) is 5.69 Å². The van der Waals surface area contributed by atoms with Crippen LogP contribution in [0.5, 0.6) is 0 Å². The molecule has 7 heteroatoms. The molecule has 0 fully saturated rings. The Bertz CT molecular complexity index is 1000. The number of rotatable bonds is 8. The monoisotopic (exact) mass is 397 g/mol. The van der Waals surface area contributed by atoms with Crippen LogP contribution in [-0.4, -0.2) is 41.9 Å². The third kappa shape index (κ3) is 5.21. The van der Waals surface area contributed by atoms with Crippen LogP contribution in [0.25, 0.3) is 10.9 Å². The molecule has 0 spiro atoms. The van der Waals surface area contributed by atoms with Gasteiger partial charge in [-0.25, -0.2) is 4.98 Å². The number of aromatic nitrogens is 2. The fraction of sp³-hybridized carbons (Fsp3) is 0.286. The van der Waals surface area contributed by atoms with E-state index in [0.29, 0.717) is 22.6 Å². The quantitative estimate of drug-likeness (QED) is 0.448. The first kappa shape index (κ1) is 20.1. The SMILES string of the molecule is C[NH+](C)CCCn1c(SCC(=O)Nc2ccccc2)nc2ccccc2c1=O. The summed E-state index contributed by atoms with van der Waals surface area (Å²) in [5.74, 6) is 0.0707. The Hall–Kier alpha value is -2.64. The van der Waals surface area contributed by atoms with Gasteiger partial charge in [0.15, 0.2) is 5.16 Å². The van der Waals surface area contributed by atoms with E-state index in [-0.39, 0.29) is 17.2 Å². The topological polar surface area (TPSA) is 68.4 Å². The summed E-state index contributed by atoms with van der Waals surface area (Å²) in [6.45, 7) is 1.54. The van der Waals surface area contributed by atoms with Crippen molar-refractivity contribution < 1.29 is 9.69 Å². The number of fused-ring (bicyclic) bond motifs is 1. The van der Waals surface area contributed by atoms with Gasteiger partial charge in [0.05, 0.1) is 37.3 Å². The van der Waals surface area contributed by atoms with Gasteiger partial charge in [0.1, 0.15) is 0 Å². The van der Waals surface area contributed by atoms with Crippen LogP contribution in [0.3, 0.4) is 0 Å². The molecule has 0 atom stereocenters. The van der Waals surface area contributed by atoms with Gasteiger partial charge in [-0.05, 0) is 24.3 Å². The Balaban J connectivity index is 1.79. The zero-order chi connectivity index (χ0) is 19.9. The molecule has 2 N–H and O–H groups in total. The van der Waals surface area contributed by atoms with Crippen LogP contribution in [0.1, 0.15) is 6.42 Å². The highest BCUT2D eigenvalue weighted by atomic mass is 32.2. The maximum Gasteiger partial charge on any atom is 0.262 e. The first-order chi connectivity index (χ1) is 13.5. The summed E-state index contributed by atoms with van der Waals surface area (Å²) >= 11 is 1.30. The molecule has 0 bridgehead atoms. The molecule has 0 radical (unpaired) electrons. The highest BCUT2D eigenvalue weighted by Crippen LogP contribution is 2.18. The lowest BCUT2D eigenvalue weighted by molar-refractivity contribution is -0.858. The summed E-state index contributed by atoms with van der Waals surface area (Å²) in [4.78, 5) is 31.2. The number of para-hydroxylation sites is 2. The van der Waals surface area contributed by atoms with E-state index in [1.165, 1.54) is 16.7 Å². The average Bonchev–Trinajstić information content (AvgIpc) is 2.69. The van der Waals surface area contributed by atoms with E-state index < -0.39 is 0 Å². The van der Waals surface area contributed by atoms with E-state index in [2.05, 4.69) is 24.4 Å². The number of amides is 1. The van der Waals surface area contributed by atoms with Crippen molar-refractivity contribution >= 4 is 34.3 Å². The molecule has 2 aromatic carbocycles. The van der Waals surface area contributed by atoms with E-state index in [1.54, 1.807) is 10.6 Å². The second-order valence-corrected chi connectivity index (χ2v) is 7.82. The van der Waals surface area contributed by atoms with Crippen LogP contribution in [0.15, 0.2) is 64.5 Å². The minimum Gasteiger partial charge on any atom is -0.340 e. The van der Waals surface area contributed by atoms with Crippen molar-refractivity contribution in [1.29, 1.82) is 0 Å². The van der Waals surface area contributed by atoms with Crippen molar-refractivity contribution in [2.45, 2.75) is 18.1 Å². The van der Waals surface area contributed by atoms with Crippen molar-refractivity contribution in [3.05, 3.63) is 65.0 Å². The molecule has 0 aliphatic carbocycles. The Labute approximate surface area is 168 Å². The van der Waals surface area contributed by atoms with Gasteiger partial charge in [-0.2, -0.15) is 0 Å². The lowest BCUT2D eigenvalue weighted by Crippen LogP contribution is -3.05. The number of benzene rings is 2. The molecule has 3 rings (SSSR count). The number of quaternary nitrogens is 1. The minimum atomic E-state index is -0.122. The standard InChI is InChI=1S/C21H24N4O2S/c1-24(2)13-8-14-25-20(27)17-11-6-7-12-18(17)23-21(25)28-15-19(26)22-16-9-4-3-5-10-16/h3-7,9-12H,8,13-15H2,1-2H3,(H,22,26)/p+1. The molecule has 0 unspecified atom stereocenters. The van der Waals surface area contributed by atoms with Gasteiger partial charge >= 0.3 is 0 Å². The van der Waals surface area contributed by atoms with Crippen molar-refractivity contribution in [2.75, 3.05) is 31.7 Å². The Kier molecular flexibility index (Phi) is 6.84. The molecular weight excluding hydrogens is 372 g/mol. The second-order valence-electron chi connectivity index (χ2n) is 6.88. The van der Waals surface area contributed by atoms with Gasteiger partial charge in [-0.15, -0.1) is 0 Å². The Morgan fingerprint density at radius 2 is 1.82 bits per heavy atom. The highest BCUT2D eigenvalue weighted by molar-refractivity contribution is 7.99. The third-order valence-electron chi connectivity index (χ3n) is 4.28. The number of hydrogen-bond donors (Lipinski definition) is 2. The maximum atomic E-state index is 13.0. The van der Waals surface area contributed by atoms with Crippen molar-refractivity contribution in [3.63, 3.8) is 0 Å². The molecule has 28 heavy (non-hydrogen) atoms. The predicted octanol–water partition coefficient (Wildman–Crippen LogP) is 1.66. The molecule has 0 saturated carbocycles. The summed E-state index contributed by atoms with van der Waals surface area (Å²) in [5, 5.41) is 4.06. The fourth-order valence-corrected chi connectivity index (χ4v) is 3.72. The van der Waals surface area contributed by atoms with Crippen LogP contribution in [0.2, 0.25) is 0 Å². The fourth-order valence-electron chi connectivity index (χ4n) is 2.89. The van der Waals surface area contributed by atoms with Crippen LogP contribution in [-0.2, 0) is 11.3 Å². The summed E-state index contributed by atoms with van der Waals surface area (Å²) < 4.78 is 1.70. The van der Waals surface area contributed by atoms with Crippen molar-refractivity contribution in [1.82, 2.24) is 9.55 Å². The molecular formula is C21H25N4O2S+. The molecule has 6 nitrogen and oxygen atoms in total. The molecule has 146 valence electrons. The molecule has 0 saturated heterocycles. The first-order valence-corrected chi connectivity index (χ1v) is 10.3. The van der Waals surface area contributed by atoms with Gasteiger partial charge in [0.2, 0.25) is 5.91 Å². The number of nitrogens with zero attached hydrogens (tertiary/aromatic N) is 2. The van der Waals surface area contributed by atoms with Gasteiger partial charge in [0, 0.05) is 18.7 Å². The first-order valence-electron chi connectivity index (χ1n) is 9.31. The van der Waals surface area contributed by atoms with E-state index >= 15 is 0 Å². The average molecular weight is 398 g/mol. The summed E-state index contributed by atoms with van der Waals surface area (Å²) in [7, 11) is 4.18. The molecule has 0 aliphatic heterocycles. The normalized spacial score (nSPS) is 11.1. The summed E-state index contributed by atoms with van der Waals surface area (Å²) in [5.41, 5.74) is 1.36. The molecule has 1 heterocycles. The molecule has 3 aromatic rings. The number of anilines is 1. The Morgan fingerprint density at radius 1 is 1.11 bits per heavy atom. The zero-order valence-electron chi connectivity index (χ0n) is 16.1.